The number of rotatable bonds is 4. The van der Waals surface area contributed by atoms with Crippen molar-refractivity contribution in [2.75, 3.05) is 11.5 Å². The Labute approximate surface area is 107 Å². The predicted molar refractivity (Wildman–Crippen MR) is 64.9 cm³/mol. The van der Waals surface area contributed by atoms with Crippen LogP contribution in [0.2, 0.25) is 0 Å². The van der Waals surface area contributed by atoms with Gasteiger partial charge < -0.3 is 15.9 Å². The van der Waals surface area contributed by atoms with Crippen molar-refractivity contribution in [1.82, 2.24) is 0 Å². The number of carbonyl (C=O) groups excluding carboxylic acids is 1. The van der Waals surface area contributed by atoms with Crippen molar-refractivity contribution in [3.63, 3.8) is 0 Å². The first-order valence-electron chi connectivity index (χ1n) is 5.07. The Morgan fingerprint density at radius 2 is 2.06 bits per heavy atom. The van der Waals surface area contributed by atoms with Gasteiger partial charge in [0.15, 0.2) is 10.9 Å². The number of benzene rings is 1. The van der Waals surface area contributed by atoms with Crippen molar-refractivity contribution in [3.8, 4) is 0 Å². The molecule has 0 saturated heterocycles. The Hall–Kier alpha value is -1.18. The lowest BCUT2D eigenvalue weighted by atomic mass is 10.0. The molecule has 100 valence electrons. The van der Waals surface area contributed by atoms with E-state index in [0.29, 0.717) is 0 Å². The number of halogens is 2. The first-order valence-corrected chi connectivity index (χ1v) is 6.06. The molecule has 2 atom stereocenters. The average molecular weight is 277 g/mol. The molecule has 0 bridgehead atoms. The van der Waals surface area contributed by atoms with Gasteiger partial charge in [-0.3, -0.25) is 4.79 Å². The molecule has 2 unspecified atom stereocenters. The van der Waals surface area contributed by atoms with Gasteiger partial charge in [-0.1, -0.05) is 11.8 Å². The summed E-state index contributed by atoms with van der Waals surface area (Å²) in [5.41, 5.74) is 4.25. The van der Waals surface area contributed by atoms with Crippen molar-refractivity contribution in [1.29, 1.82) is 0 Å². The molecule has 0 aliphatic carbocycles. The Balaban J connectivity index is 2.92. The molecular weight excluding hydrogens is 264 g/mol. The molecule has 0 amide bonds. The fraction of sp³-hybridized carbons (Fsp3) is 0.364. The number of aliphatic hydroxyl groups excluding tert-OH is 2. The lowest BCUT2D eigenvalue weighted by molar-refractivity contribution is -0.109. The molecule has 0 heterocycles. The third-order valence-electron chi connectivity index (χ3n) is 2.27. The van der Waals surface area contributed by atoms with Crippen LogP contribution in [0.5, 0.6) is 0 Å². The van der Waals surface area contributed by atoms with Crippen molar-refractivity contribution in [2.24, 2.45) is 0 Å². The van der Waals surface area contributed by atoms with E-state index >= 15 is 0 Å². The summed E-state index contributed by atoms with van der Waals surface area (Å²) >= 11 is 0.753. The van der Waals surface area contributed by atoms with Crippen LogP contribution in [0.25, 0.3) is 0 Å². The maximum Gasteiger partial charge on any atom is 0.185 e. The minimum Gasteiger partial charge on any atom is -0.396 e. The molecule has 0 aliphatic rings. The van der Waals surface area contributed by atoms with Gasteiger partial charge in [0.1, 0.15) is 11.9 Å². The SMILES string of the molecule is CC(=O)SCC(O)C(O)c1c(F)ccc(N)c1F. The van der Waals surface area contributed by atoms with Gasteiger partial charge in [-0.2, -0.15) is 0 Å². The summed E-state index contributed by atoms with van der Waals surface area (Å²) in [5.74, 6) is -2.26. The van der Waals surface area contributed by atoms with E-state index in [2.05, 4.69) is 0 Å². The van der Waals surface area contributed by atoms with Gasteiger partial charge in [-0.25, -0.2) is 8.78 Å². The van der Waals surface area contributed by atoms with E-state index in [0.717, 1.165) is 23.9 Å². The van der Waals surface area contributed by atoms with Crippen LogP contribution in [0.4, 0.5) is 14.5 Å². The summed E-state index contributed by atoms with van der Waals surface area (Å²) in [6.07, 6.45) is -3.25. The van der Waals surface area contributed by atoms with Crippen LogP contribution in [0, 0.1) is 11.6 Å². The summed E-state index contributed by atoms with van der Waals surface area (Å²) in [7, 11) is 0. The monoisotopic (exact) mass is 277 g/mol. The van der Waals surface area contributed by atoms with Crippen LogP contribution >= 0.6 is 11.8 Å². The molecule has 0 spiro atoms. The maximum atomic E-state index is 13.6. The zero-order valence-corrected chi connectivity index (χ0v) is 10.4. The molecule has 7 heteroatoms. The van der Waals surface area contributed by atoms with Gasteiger partial charge in [-0.15, -0.1) is 0 Å². The predicted octanol–water partition coefficient (Wildman–Crippen LogP) is 1.22. The first-order chi connectivity index (χ1) is 8.34. The highest BCUT2D eigenvalue weighted by atomic mass is 32.2. The second-order valence-electron chi connectivity index (χ2n) is 3.68. The molecule has 0 fully saturated rings. The van der Waals surface area contributed by atoms with E-state index < -0.39 is 29.4 Å². The van der Waals surface area contributed by atoms with Crippen LogP contribution in [0.3, 0.4) is 0 Å². The highest BCUT2D eigenvalue weighted by molar-refractivity contribution is 8.13. The fourth-order valence-electron chi connectivity index (χ4n) is 1.34. The number of aliphatic hydroxyl groups is 2. The standard InChI is InChI=1S/C11H13F2NO3S/c1-5(15)18-4-8(16)11(17)9-6(12)2-3-7(14)10(9)13/h2-3,8,11,16-17H,4,14H2,1H3. The Kier molecular flexibility index (Phi) is 5.06. The summed E-state index contributed by atoms with van der Waals surface area (Å²) in [6, 6.07) is 1.93. The Bertz CT molecular complexity index is 456. The van der Waals surface area contributed by atoms with Gasteiger partial charge in [-0.05, 0) is 12.1 Å². The minimum atomic E-state index is -1.78. The summed E-state index contributed by atoms with van der Waals surface area (Å²) in [5, 5.41) is 19.0. The number of thioether (sulfide) groups is 1. The van der Waals surface area contributed by atoms with Gasteiger partial charge in [0, 0.05) is 12.7 Å². The third-order valence-corrected chi connectivity index (χ3v) is 3.19. The molecule has 0 aromatic heterocycles. The zero-order valence-electron chi connectivity index (χ0n) is 9.56. The van der Waals surface area contributed by atoms with E-state index in [1.165, 1.54) is 6.92 Å². The van der Waals surface area contributed by atoms with Crippen LogP contribution in [-0.2, 0) is 4.79 Å². The molecule has 4 N–H and O–H groups in total. The van der Waals surface area contributed by atoms with Crippen LogP contribution in [-0.4, -0.2) is 27.2 Å². The Morgan fingerprint density at radius 3 is 2.61 bits per heavy atom. The molecule has 1 rings (SSSR count). The largest absolute Gasteiger partial charge is 0.396 e. The number of nitrogens with two attached hydrogens (primary N) is 1. The molecule has 4 nitrogen and oxygen atoms in total. The van der Waals surface area contributed by atoms with Crippen molar-refractivity contribution >= 4 is 22.6 Å². The molecule has 18 heavy (non-hydrogen) atoms. The average Bonchev–Trinajstić information content (AvgIpc) is 2.31. The number of hydrogen-bond acceptors (Lipinski definition) is 5. The highest BCUT2D eigenvalue weighted by Gasteiger charge is 2.26. The number of anilines is 1. The van der Waals surface area contributed by atoms with Gasteiger partial charge in [0.25, 0.3) is 0 Å². The first kappa shape index (κ1) is 14.9. The van der Waals surface area contributed by atoms with Crippen molar-refractivity contribution in [3.05, 3.63) is 29.3 Å². The summed E-state index contributed by atoms with van der Waals surface area (Å²) < 4.78 is 27.0. The molecule has 1 aromatic carbocycles. The maximum absolute atomic E-state index is 13.6. The van der Waals surface area contributed by atoms with Crippen molar-refractivity contribution in [2.45, 2.75) is 19.1 Å². The smallest absolute Gasteiger partial charge is 0.185 e. The van der Waals surface area contributed by atoms with E-state index in [-0.39, 0.29) is 16.6 Å². The Morgan fingerprint density at radius 1 is 1.44 bits per heavy atom. The second kappa shape index (κ2) is 6.12. The number of hydrogen-bond donors (Lipinski definition) is 3. The lowest BCUT2D eigenvalue weighted by Crippen LogP contribution is -2.23. The summed E-state index contributed by atoms with van der Waals surface area (Å²) in [6.45, 7) is 1.28. The van der Waals surface area contributed by atoms with Gasteiger partial charge in [0.2, 0.25) is 0 Å². The van der Waals surface area contributed by atoms with Crippen molar-refractivity contribution < 1.29 is 23.8 Å². The van der Waals surface area contributed by atoms with E-state index in [1.807, 2.05) is 0 Å². The third kappa shape index (κ3) is 3.41. The summed E-state index contributed by atoms with van der Waals surface area (Å²) in [4.78, 5) is 10.7. The minimum absolute atomic E-state index is 0.163. The quantitative estimate of drug-likeness (QED) is 0.721. The number of carbonyl (C=O) groups is 1. The van der Waals surface area contributed by atoms with Gasteiger partial charge >= 0.3 is 0 Å². The zero-order chi connectivity index (χ0) is 13.9. The normalized spacial score (nSPS) is 14.3. The van der Waals surface area contributed by atoms with E-state index in [4.69, 9.17) is 5.73 Å². The van der Waals surface area contributed by atoms with E-state index in [9.17, 15) is 23.8 Å². The second-order valence-corrected chi connectivity index (χ2v) is 4.88. The van der Waals surface area contributed by atoms with Crippen LogP contribution in [0.1, 0.15) is 18.6 Å². The molecule has 0 saturated carbocycles. The molecular formula is C11H13F2NO3S. The topological polar surface area (TPSA) is 83.5 Å². The van der Waals surface area contributed by atoms with Crippen LogP contribution in [0.15, 0.2) is 12.1 Å². The van der Waals surface area contributed by atoms with Gasteiger partial charge in [0.05, 0.1) is 17.4 Å². The van der Waals surface area contributed by atoms with E-state index in [1.54, 1.807) is 0 Å². The molecule has 1 aromatic rings. The number of nitrogen functional groups attached to an aromatic ring is 1. The lowest BCUT2D eigenvalue weighted by Gasteiger charge is -2.19. The highest BCUT2D eigenvalue weighted by Crippen LogP contribution is 2.28. The molecule has 0 radical (unpaired) electrons. The fourth-order valence-corrected chi connectivity index (χ4v) is 1.93. The molecule has 0 aliphatic heterocycles. The van der Waals surface area contributed by atoms with Crippen LogP contribution < -0.4 is 5.73 Å².